The predicted octanol–water partition coefficient (Wildman–Crippen LogP) is 4.78. The van der Waals surface area contributed by atoms with Gasteiger partial charge in [-0.25, -0.2) is 8.78 Å². The Labute approximate surface area is 189 Å². The molecule has 0 unspecified atom stereocenters. The molecule has 5 rings (SSSR count). The number of nitrogens with zero attached hydrogens (tertiary/aromatic N) is 4. The largest absolute Gasteiger partial charge is 0.452 e. The zero-order valence-electron chi connectivity index (χ0n) is 17.7. The molecule has 0 spiro atoms. The minimum atomic E-state index is -0.667. The van der Waals surface area contributed by atoms with Crippen molar-refractivity contribution < 1.29 is 17.6 Å². The van der Waals surface area contributed by atoms with Crippen LogP contribution in [-0.2, 0) is 0 Å². The van der Waals surface area contributed by atoms with E-state index in [9.17, 15) is 21.0 Å². The van der Waals surface area contributed by atoms with E-state index >= 15 is 8.78 Å². The molecule has 5 aromatic rings. The molecule has 0 aliphatic carbocycles. The van der Waals surface area contributed by atoms with Gasteiger partial charge in [0.1, 0.15) is 46.6 Å². The van der Waals surface area contributed by atoms with Crippen LogP contribution in [0, 0.1) is 70.8 Å². The van der Waals surface area contributed by atoms with Crippen LogP contribution < -0.4 is 10.4 Å². The van der Waals surface area contributed by atoms with Crippen LogP contribution in [0.5, 0.6) is 0 Å². The Morgan fingerprint density at radius 3 is 1.29 bits per heavy atom. The molecule has 160 valence electrons. The number of nitriles is 4. The van der Waals surface area contributed by atoms with Crippen molar-refractivity contribution in [3.05, 3.63) is 57.5 Å². The summed E-state index contributed by atoms with van der Waals surface area (Å²) in [7, 11) is 0. The minimum Gasteiger partial charge on any atom is -0.452 e. The van der Waals surface area contributed by atoms with E-state index in [0.29, 0.717) is 0 Å². The number of aryl methyl sites for hydroxylation is 2. The average Bonchev–Trinajstić information content (AvgIpc) is 3.41. The second-order valence-corrected chi connectivity index (χ2v) is 7.71. The van der Waals surface area contributed by atoms with Crippen LogP contribution in [0.3, 0.4) is 0 Å². The van der Waals surface area contributed by atoms with Gasteiger partial charge in [0.05, 0.1) is 10.4 Å². The Hall–Kier alpha value is -5.18. The molecular weight excluding hydrogens is 438 g/mol. The van der Waals surface area contributed by atoms with E-state index in [0.717, 1.165) is 0 Å². The van der Waals surface area contributed by atoms with Crippen molar-refractivity contribution in [1.82, 2.24) is 0 Å². The Kier molecular flexibility index (Phi) is 4.37. The van der Waals surface area contributed by atoms with Crippen LogP contribution in [0.4, 0.5) is 8.78 Å². The molecule has 34 heavy (non-hydrogen) atoms. The number of hydrogen-bond acceptors (Lipinski definition) is 6. The van der Waals surface area contributed by atoms with Crippen molar-refractivity contribution in [1.29, 1.82) is 21.0 Å². The number of hydrogen-bond donors (Lipinski definition) is 0. The molecule has 0 N–H and O–H groups in total. The van der Waals surface area contributed by atoms with Crippen molar-refractivity contribution >= 4 is 55.0 Å². The van der Waals surface area contributed by atoms with Crippen molar-refractivity contribution in [2.45, 2.75) is 13.8 Å². The fourth-order valence-corrected chi connectivity index (χ4v) is 4.28. The Morgan fingerprint density at radius 2 is 0.971 bits per heavy atom. The number of halogens is 2. The summed E-state index contributed by atoms with van der Waals surface area (Å²) < 4.78 is 41.8. The summed E-state index contributed by atoms with van der Waals surface area (Å²) in [5, 5.41) is 39.5. The van der Waals surface area contributed by atoms with Gasteiger partial charge < -0.3 is 8.83 Å². The van der Waals surface area contributed by atoms with Gasteiger partial charge in [0, 0.05) is 21.5 Å². The zero-order valence-corrected chi connectivity index (χ0v) is 17.7. The normalized spacial score (nSPS) is 10.8. The lowest BCUT2D eigenvalue weighted by atomic mass is 9.98. The molecule has 0 radical (unpaired) electrons. The molecule has 0 atom stereocenters. The molecule has 0 saturated heterocycles. The highest BCUT2D eigenvalue weighted by atomic mass is 19.1. The highest BCUT2D eigenvalue weighted by molar-refractivity contribution is 6.18. The maximum Gasteiger partial charge on any atom is 0.171 e. The van der Waals surface area contributed by atoms with Crippen LogP contribution >= 0.6 is 0 Å². The van der Waals surface area contributed by atoms with E-state index in [1.54, 1.807) is 26.0 Å². The first-order valence-electron chi connectivity index (χ1n) is 9.91. The molecule has 0 bridgehead atoms. The molecule has 8 heteroatoms. The lowest BCUT2D eigenvalue weighted by Crippen LogP contribution is -2.16. The summed E-state index contributed by atoms with van der Waals surface area (Å²) in [6.45, 7) is 3.08. The first-order valence-corrected chi connectivity index (χ1v) is 9.91. The summed E-state index contributed by atoms with van der Waals surface area (Å²) in [6.07, 6.45) is 0. The van der Waals surface area contributed by atoms with Gasteiger partial charge in [0.25, 0.3) is 0 Å². The van der Waals surface area contributed by atoms with Gasteiger partial charge >= 0.3 is 0 Å². The summed E-state index contributed by atoms with van der Waals surface area (Å²) in [4.78, 5) is 0. The highest BCUT2D eigenvalue weighted by Gasteiger charge is 2.25. The molecule has 0 fully saturated rings. The number of rotatable bonds is 0. The third kappa shape index (κ3) is 2.49. The van der Waals surface area contributed by atoms with Crippen LogP contribution in [0.2, 0.25) is 0 Å². The maximum atomic E-state index is 15.0. The topological polar surface area (TPSA) is 121 Å². The standard InChI is InChI=1S/C26H10F2N4O2/c1-11-3-5-15-19-17(13(7-29)8-30)26-20(16-6-4-12(2)22(28)24(16)34-26)18(14(9-31)10-32)25(19)33-23(15)21(11)27/h3-6H,1-2H3. The maximum absolute atomic E-state index is 15.0. The van der Waals surface area contributed by atoms with Gasteiger partial charge in [-0.15, -0.1) is 0 Å². The van der Waals surface area contributed by atoms with Gasteiger partial charge in [0.2, 0.25) is 0 Å². The molecule has 0 aliphatic rings. The van der Waals surface area contributed by atoms with Gasteiger partial charge in [-0.2, -0.15) is 21.0 Å². The van der Waals surface area contributed by atoms with Crippen LogP contribution in [-0.4, -0.2) is 0 Å². The molecular formula is C26H10F2N4O2. The Bertz CT molecular complexity index is 1870. The number of fused-ring (bicyclic) bond motifs is 6. The fourth-order valence-electron chi connectivity index (χ4n) is 4.28. The van der Waals surface area contributed by atoms with Gasteiger partial charge in [-0.1, -0.05) is 12.1 Å². The smallest absolute Gasteiger partial charge is 0.171 e. The number of furan rings is 2. The van der Waals surface area contributed by atoms with Crippen LogP contribution in [0.25, 0.3) is 55.0 Å². The van der Waals surface area contributed by atoms with E-state index in [1.807, 2.05) is 24.3 Å². The zero-order chi connectivity index (χ0) is 24.3. The van der Waals surface area contributed by atoms with E-state index in [2.05, 4.69) is 0 Å². The summed E-state index contributed by atoms with van der Waals surface area (Å²) in [5.74, 6) is -1.33. The van der Waals surface area contributed by atoms with E-state index in [-0.39, 0.29) is 76.6 Å². The molecule has 6 nitrogen and oxygen atoms in total. The monoisotopic (exact) mass is 448 g/mol. The summed E-state index contributed by atoms with van der Waals surface area (Å²) >= 11 is 0. The van der Waals surface area contributed by atoms with E-state index in [1.165, 1.54) is 12.1 Å². The molecule has 0 aliphatic heterocycles. The third-order valence-electron chi connectivity index (χ3n) is 5.88. The highest BCUT2D eigenvalue weighted by Crippen LogP contribution is 2.34. The van der Waals surface area contributed by atoms with Crippen molar-refractivity contribution in [2.75, 3.05) is 0 Å². The first kappa shape index (κ1) is 20.7. The van der Waals surface area contributed by atoms with Crippen LogP contribution in [0.1, 0.15) is 11.1 Å². The quantitative estimate of drug-likeness (QED) is 0.336. The van der Waals surface area contributed by atoms with E-state index in [4.69, 9.17) is 8.83 Å². The second-order valence-electron chi connectivity index (χ2n) is 7.71. The van der Waals surface area contributed by atoms with E-state index < -0.39 is 11.6 Å². The minimum absolute atomic E-state index is 0.0239. The molecule has 0 amide bonds. The van der Waals surface area contributed by atoms with Crippen molar-refractivity contribution in [3.8, 4) is 24.3 Å². The Morgan fingerprint density at radius 1 is 0.618 bits per heavy atom. The second kappa shape index (κ2) is 7.17. The van der Waals surface area contributed by atoms with Crippen molar-refractivity contribution in [3.63, 3.8) is 0 Å². The predicted molar refractivity (Wildman–Crippen MR) is 119 cm³/mol. The van der Waals surface area contributed by atoms with Gasteiger partial charge in [-0.3, -0.25) is 0 Å². The number of benzene rings is 3. The summed E-state index contributed by atoms with van der Waals surface area (Å²) in [5.41, 5.74) is -0.664. The van der Waals surface area contributed by atoms with Gasteiger partial charge in [-0.05, 0) is 37.1 Å². The fraction of sp³-hybridized carbons (Fsp3) is 0.0769. The third-order valence-corrected chi connectivity index (χ3v) is 5.88. The lowest BCUT2D eigenvalue weighted by molar-refractivity contribution is 0.576. The SMILES string of the molecule is Cc1ccc2c(oc3c(=C(C#N)C#N)c4c(oc5c(F)c(C)ccc54)c(=C(C#N)C#N)c32)c1F. The Balaban J connectivity index is 2.37. The molecule has 3 aromatic carbocycles. The molecule has 2 heterocycles. The van der Waals surface area contributed by atoms with Gasteiger partial charge in [0.15, 0.2) is 22.8 Å². The molecule has 2 aromatic heterocycles. The first-order chi connectivity index (χ1) is 16.4. The summed E-state index contributed by atoms with van der Waals surface area (Å²) in [6, 6.07) is 13.3. The van der Waals surface area contributed by atoms with Crippen LogP contribution in [0.15, 0.2) is 33.1 Å². The molecule has 0 saturated carbocycles. The van der Waals surface area contributed by atoms with Crippen molar-refractivity contribution in [2.24, 2.45) is 0 Å². The average molecular weight is 448 g/mol. The lowest BCUT2D eigenvalue weighted by Gasteiger charge is -1.99.